The molecule has 0 aliphatic heterocycles. The molecule has 0 aliphatic carbocycles. The standard InChI is InChI=1S/C19H21N3OS/c1-5-24-19(23)15-9-7-6-8-14(15)17-21-16-10-13(4)11-20-18(16)22(17)12(2)3/h6-12H,5H2,1-4H3. The number of fused-ring (bicyclic) bond motifs is 1. The molecule has 124 valence electrons. The second-order valence-electron chi connectivity index (χ2n) is 6.02. The topological polar surface area (TPSA) is 47.8 Å². The lowest BCUT2D eigenvalue weighted by Gasteiger charge is -2.14. The molecule has 1 aromatic carbocycles. The van der Waals surface area contributed by atoms with Crippen LogP contribution < -0.4 is 0 Å². The summed E-state index contributed by atoms with van der Waals surface area (Å²) >= 11 is 1.33. The van der Waals surface area contributed by atoms with Crippen molar-refractivity contribution in [3.05, 3.63) is 47.7 Å². The van der Waals surface area contributed by atoms with Crippen molar-refractivity contribution < 1.29 is 4.79 Å². The summed E-state index contributed by atoms with van der Waals surface area (Å²) in [4.78, 5) is 21.9. The van der Waals surface area contributed by atoms with Crippen molar-refractivity contribution in [2.45, 2.75) is 33.7 Å². The van der Waals surface area contributed by atoms with E-state index < -0.39 is 0 Å². The molecule has 0 amide bonds. The maximum atomic E-state index is 12.5. The van der Waals surface area contributed by atoms with Gasteiger partial charge in [0.2, 0.25) is 5.12 Å². The monoisotopic (exact) mass is 339 g/mol. The van der Waals surface area contributed by atoms with Crippen LogP contribution >= 0.6 is 11.8 Å². The van der Waals surface area contributed by atoms with Crippen LogP contribution in [0, 0.1) is 6.92 Å². The Morgan fingerprint density at radius 2 is 2.04 bits per heavy atom. The minimum Gasteiger partial charge on any atom is -0.306 e. The van der Waals surface area contributed by atoms with Crippen LogP contribution in [0.1, 0.15) is 42.7 Å². The van der Waals surface area contributed by atoms with E-state index >= 15 is 0 Å². The van der Waals surface area contributed by atoms with E-state index in [0.29, 0.717) is 5.56 Å². The molecule has 0 fully saturated rings. The summed E-state index contributed by atoms with van der Waals surface area (Å²) in [6.45, 7) is 8.21. The van der Waals surface area contributed by atoms with E-state index in [4.69, 9.17) is 4.98 Å². The summed E-state index contributed by atoms with van der Waals surface area (Å²) in [7, 11) is 0. The Balaban J connectivity index is 2.27. The van der Waals surface area contributed by atoms with Gasteiger partial charge in [-0.15, -0.1) is 0 Å². The van der Waals surface area contributed by atoms with Gasteiger partial charge < -0.3 is 4.57 Å². The van der Waals surface area contributed by atoms with Crippen LogP contribution in [0.5, 0.6) is 0 Å². The molecule has 0 saturated heterocycles. The number of rotatable bonds is 4. The predicted molar refractivity (Wildman–Crippen MR) is 101 cm³/mol. The van der Waals surface area contributed by atoms with Crippen LogP contribution in [0.3, 0.4) is 0 Å². The van der Waals surface area contributed by atoms with Crippen molar-refractivity contribution >= 4 is 28.0 Å². The first-order valence-corrected chi connectivity index (χ1v) is 9.12. The number of aromatic nitrogens is 3. The maximum Gasteiger partial charge on any atom is 0.220 e. The minimum atomic E-state index is 0.0830. The Morgan fingerprint density at radius 1 is 1.29 bits per heavy atom. The average molecular weight is 339 g/mol. The van der Waals surface area contributed by atoms with Gasteiger partial charge in [0.15, 0.2) is 5.65 Å². The minimum absolute atomic E-state index is 0.0830. The molecular weight excluding hydrogens is 318 g/mol. The molecule has 3 aromatic rings. The van der Waals surface area contributed by atoms with E-state index in [2.05, 4.69) is 23.4 Å². The van der Waals surface area contributed by atoms with Crippen molar-refractivity contribution in [2.24, 2.45) is 0 Å². The summed E-state index contributed by atoms with van der Waals surface area (Å²) in [6.07, 6.45) is 1.86. The molecule has 0 atom stereocenters. The zero-order valence-corrected chi connectivity index (χ0v) is 15.2. The van der Waals surface area contributed by atoms with Gasteiger partial charge >= 0.3 is 0 Å². The zero-order chi connectivity index (χ0) is 17.3. The maximum absolute atomic E-state index is 12.5. The fourth-order valence-electron chi connectivity index (χ4n) is 2.83. The Labute approximate surface area is 146 Å². The molecule has 0 bridgehead atoms. The molecule has 0 spiro atoms. The number of carbonyl (C=O) groups excluding carboxylic acids is 1. The van der Waals surface area contributed by atoms with Crippen LogP contribution in [-0.4, -0.2) is 25.4 Å². The number of hydrogen-bond donors (Lipinski definition) is 0. The molecule has 5 heteroatoms. The van der Waals surface area contributed by atoms with Gasteiger partial charge in [-0.1, -0.05) is 36.9 Å². The number of aryl methyl sites for hydroxylation is 1. The SMILES string of the molecule is CCSC(=O)c1ccccc1-c1nc2cc(C)cnc2n1C(C)C. The molecule has 0 N–H and O–H groups in total. The number of imidazole rings is 1. The summed E-state index contributed by atoms with van der Waals surface area (Å²) < 4.78 is 2.11. The number of thioether (sulfide) groups is 1. The van der Waals surface area contributed by atoms with Gasteiger partial charge in [-0.05, 0) is 44.2 Å². The molecule has 24 heavy (non-hydrogen) atoms. The highest BCUT2D eigenvalue weighted by Crippen LogP contribution is 2.31. The smallest absolute Gasteiger partial charge is 0.220 e. The molecular formula is C19H21N3OS. The second-order valence-corrected chi connectivity index (χ2v) is 7.26. The van der Waals surface area contributed by atoms with Gasteiger partial charge in [0, 0.05) is 23.4 Å². The van der Waals surface area contributed by atoms with Crippen LogP contribution in [0.2, 0.25) is 0 Å². The second kappa shape index (κ2) is 6.77. The fourth-order valence-corrected chi connectivity index (χ4v) is 3.42. The van der Waals surface area contributed by atoms with Crippen molar-refractivity contribution in [3.63, 3.8) is 0 Å². The van der Waals surface area contributed by atoms with Crippen LogP contribution in [0.15, 0.2) is 36.5 Å². The highest BCUT2D eigenvalue weighted by atomic mass is 32.2. The quantitative estimate of drug-likeness (QED) is 0.679. The molecule has 0 unspecified atom stereocenters. The van der Waals surface area contributed by atoms with Gasteiger partial charge in [0.1, 0.15) is 11.3 Å². The normalized spacial score (nSPS) is 11.4. The van der Waals surface area contributed by atoms with E-state index in [9.17, 15) is 4.79 Å². The Kier molecular flexibility index (Phi) is 4.71. The summed E-state index contributed by atoms with van der Waals surface area (Å²) in [5, 5.41) is 0.0830. The molecule has 2 aromatic heterocycles. The van der Waals surface area contributed by atoms with Gasteiger partial charge in [0.05, 0.1) is 0 Å². The van der Waals surface area contributed by atoms with Gasteiger partial charge in [-0.25, -0.2) is 9.97 Å². The Morgan fingerprint density at radius 3 is 2.75 bits per heavy atom. The molecule has 0 saturated carbocycles. The third kappa shape index (κ3) is 2.96. The number of pyridine rings is 1. The largest absolute Gasteiger partial charge is 0.306 e. The third-order valence-corrected chi connectivity index (χ3v) is 4.62. The first-order valence-electron chi connectivity index (χ1n) is 8.14. The summed E-state index contributed by atoms with van der Waals surface area (Å²) in [5.41, 5.74) is 4.37. The summed E-state index contributed by atoms with van der Waals surface area (Å²) in [6, 6.07) is 9.93. The lowest BCUT2D eigenvalue weighted by Crippen LogP contribution is -2.06. The summed E-state index contributed by atoms with van der Waals surface area (Å²) in [5.74, 6) is 1.56. The van der Waals surface area contributed by atoms with Gasteiger partial charge in [0.25, 0.3) is 0 Å². The molecule has 3 rings (SSSR count). The lowest BCUT2D eigenvalue weighted by molar-refractivity contribution is 0.108. The molecule has 4 nitrogen and oxygen atoms in total. The van der Waals surface area contributed by atoms with Crippen molar-refractivity contribution in [1.29, 1.82) is 0 Å². The predicted octanol–water partition coefficient (Wildman–Crippen LogP) is 4.88. The lowest BCUT2D eigenvalue weighted by atomic mass is 10.1. The van der Waals surface area contributed by atoms with E-state index in [1.54, 1.807) is 0 Å². The van der Waals surface area contributed by atoms with Crippen molar-refractivity contribution in [2.75, 3.05) is 5.75 Å². The first-order chi connectivity index (χ1) is 11.5. The van der Waals surface area contributed by atoms with Crippen molar-refractivity contribution in [3.8, 4) is 11.4 Å². The van der Waals surface area contributed by atoms with Crippen LogP contribution in [-0.2, 0) is 0 Å². The molecule has 2 heterocycles. The van der Waals surface area contributed by atoms with E-state index in [1.165, 1.54) is 11.8 Å². The van der Waals surface area contributed by atoms with Gasteiger partial charge in [-0.2, -0.15) is 0 Å². The number of nitrogens with zero attached hydrogens (tertiary/aromatic N) is 3. The highest BCUT2D eigenvalue weighted by molar-refractivity contribution is 8.14. The Bertz CT molecular complexity index is 899. The van der Waals surface area contributed by atoms with Crippen molar-refractivity contribution in [1.82, 2.24) is 14.5 Å². The fraction of sp³-hybridized carbons (Fsp3) is 0.316. The van der Waals surface area contributed by atoms with Gasteiger partial charge in [-0.3, -0.25) is 4.79 Å². The van der Waals surface area contributed by atoms with Crippen LogP contribution in [0.4, 0.5) is 0 Å². The van der Waals surface area contributed by atoms with E-state index in [-0.39, 0.29) is 11.2 Å². The van der Waals surface area contributed by atoms with E-state index in [1.807, 2.05) is 50.4 Å². The van der Waals surface area contributed by atoms with E-state index in [0.717, 1.165) is 33.9 Å². The first kappa shape index (κ1) is 16.7. The Hall–Kier alpha value is -2.14. The average Bonchev–Trinajstić information content (AvgIpc) is 2.93. The third-order valence-electron chi connectivity index (χ3n) is 3.85. The number of benzene rings is 1. The van der Waals surface area contributed by atoms with Crippen LogP contribution in [0.25, 0.3) is 22.6 Å². The number of carbonyl (C=O) groups is 1. The molecule has 0 aliphatic rings. The zero-order valence-electron chi connectivity index (χ0n) is 14.4. The number of hydrogen-bond acceptors (Lipinski definition) is 4. The highest BCUT2D eigenvalue weighted by Gasteiger charge is 2.20. The molecule has 0 radical (unpaired) electrons.